The van der Waals surface area contributed by atoms with Crippen molar-refractivity contribution in [1.82, 2.24) is 25.3 Å². The van der Waals surface area contributed by atoms with Crippen LogP contribution in [0.1, 0.15) is 31.5 Å². The molecule has 1 aliphatic heterocycles. The van der Waals surface area contributed by atoms with E-state index in [0.717, 1.165) is 32.0 Å². The fraction of sp³-hybridized carbons (Fsp3) is 0.692. The van der Waals surface area contributed by atoms with E-state index in [4.69, 9.17) is 10.3 Å². The van der Waals surface area contributed by atoms with E-state index in [0.29, 0.717) is 12.4 Å². The topological polar surface area (TPSA) is 118 Å². The van der Waals surface area contributed by atoms with E-state index in [2.05, 4.69) is 20.4 Å². The number of nitrogens with one attached hydrogen (secondary N) is 1. The second-order valence-electron chi connectivity index (χ2n) is 5.67. The Morgan fingerprint density at radius 3 is 2.45 bits per heavy atom. The number of hydrogen-bond acceptors (Lipinski definition) is 7. The summed E-state index contributed by atoms with van der Waals surface area (Å²) in [6.45, 7) is 7.88. The molecule has 3 N–H and O–H groups in total. The smallest absolute Gasteiger partial charge is 0.318 e. The molecule has 1 aliphatic rings. The number of urea groups is 1. The second-order valence-corrected chi connectivity index (χ2v) is 5.67. The van der Waals surface area contributed by atoms with Crippen molar-refractivity contribution in [1.29, 1.82) is 0 Å². The maximum Gasteiger partial charge on any atom is 0.318 e. The summed E-state index contributed by atoms with van der Waals surface area (Å²) < 4.78 is 5.23. The molecule has 1 fully saturated rings. The quantitative estimate of drug-likeness (QED) is 0.753. The van der Waals surface area contributed by atoms with Crippen LogP contribution in [0.15, 0.2) is 4.52 Å². The molecule has 0 atom stereocenters. The Morgan fingerprint density at radius 2 is 1.91 bits per heavy atom. The van der Waals surface area contributed by atoms with Crippen LogP contribution in [-0.2, 0) is 11.3 Å². The summed E-state index contributed by atoms with van der Waals surface area (Å²) in [5, 5.41) is 6.01. The Kier molecular flexibility index (Phi) is 5.45. The van der Waals surface area contributed by atoms with Crippen LogP contribution in [0.3, 0.4) is 0 Å². The summed E-state index contributed by atoms with van der Waals surface area (Å²) >= 11 is 0. The van der Waals surface area contributed by atoms with Gasteiger partial charge in [0.1, 0.15) is 0 Å². The van der Waals surface area contributed by atoms with Gasteiger partial charge in [0, 0.05) is 32.1 Å². The lowest BCUT2D eigenvalue weighted by atomic mass is 10.2. The number of imide groups is 1. The minimum Gasteiger partial charge on any atom is -0.351 e. The Morgan fingerprint density at radius 1 is 1.27 bits per heavy atom. The lowest BCUT2D eigenvalue weighted by Crippen LogP contribution is -2.50. The molecule has 1 aromatic heterocycles. The zero-order valence-corrected chi connectivity index (χ0v) is 12.9. The van der Waals surface area contributed by atoms with Crippen molar-refractivity contribution in [3.63, 3.8) is 0 Å². The zero-order valence-electron chi connectivity index (χ0n) is 12.9. The van der Waals surface area contributed by atoms with Crippen LogP contribution in [0, 0.1) is 0 Å². The van der Waals surface area contributed by atoms with Crippen LogP contribution in [0.4, 0.5) is 4.79 Å². The molecular weight excluding hydrogens is 288 g/mol. The van der Waals surface area contributed by atoms with Crippen LogP contribution in [-0.4, -0.2) is 64.6 Å². The number of aromatic nitrogens is 2. The van der Waals surface area contributed by atoms with Crippen LogP contribution >= 0.6 is 0 Å². The lowest BCUT2D eigenvalue weighted by molar-refractivity contribution is -0.121. The molecular formula is C13H22N6O3. The maximum absolute atomic E-state index is 11.5. The number of nitrogens with two attached hydrogens (primary N) is 1. The summed E-state index contributed by atoms with van der Waals surface area (Å²) in [4.78, 5) is 30.6. The van der Waals surface area contributed by atoms with Crippen molar-refractivity contribution in [2.45, 2.75) is 26.3 Å². The first-order valence-electron chi connectivity index (χ1n) is 7.30. The Labute approximate surface area is 128 Å². The molecule has 0 saturated carbocycles. The number of amides is 3. The minimum absolute atomic E-state index is 0.175. The number of primary amides is 1. The standard InChI is InChI=1S/C13H22N6O3/c1-9(2)12-16-11(22-17-12)8-19-5-3-18(4-6-19)7-10(20)15-13(14)21/h9H,3-8H2,1-2H3,(H3,14,15,20,21). The van der Waals surface area contributed by atoms with Crippen molar-refractivity contribution < 1.29 is 14.1 Å². The van der Waals surface area contributed by atoms with Gasteiger partial charge < -0.3 is 10.3 Å². The number of nitrogens with zero attached hydrogens (tertiary/aromatic N) is 4. The highest BCUT2D eigenvalue weighted by Gasteiger charge is 2.21. The zero-order chi connectivity index (χ0) is 16.1. The summed E-state index contributed by atoms with van der Waals surface area (Å²) in [6.07, 6.45) is 0. The summed E-state index contributed by atoms with van der Waals surface area (Å²) in [7, 11) is 0. The fourth-order valence-corrected chi connectivity index (χ4v) is 2.24. The molecule has 122 valence electrons. The molecule has 1 aromatic rings. The van der Waals surface area contributed by atoms with Crippen LogP contribution in [0.2, 0.25) is 0 Å². The molecule has 3 amide bonds. The number of hydrogen-bond donors (Lipinski definition) is 2. The highest BCUT2D eigenvalue weighted by molar-refractivity contribution is 5.94. The Hall–Kier alpha value is -2.00. The van der Waals surface area contributed by atoms with Crippen LogP contribution < -0.4 is 11.1 Å². The van der Waals surface area contributed by atoms with Crippen LogP contribution in [0.5, 0.6) is 0 Å². The Balaban J connectivity index is 1.74. The van der Waals surface area contributed by atoms with Gasteiger partial charge in [-0.3, -0.25) is 19.9 Å². The summed E-state index contributed by atoms with van der Waals surface area (Å²) in [5.41, 5.74) is 4.91. The summed E-state index contributed by atoms with van der Waals surface area (Å²) in [6, 6.07) is -0.819. The van der Waals surface area contributed by atoms with Gasteiger partial charge >= 0.3 is 6.03 Å². The summed E-state index contributed by atoms with van der Waals surface area (Å²) in [5.74, 6) is 1.21. The van der Waals surface area contributed by atoms with Gasteiger partial charge in [-0.15, -0.1) is 0 Å². The van der Waals surface area contributed by atoms with Crippen molar-refractivity contribution in [2.24, 2.45) is 5.73 Å². The third-order valence-electron chi connectivity index (χ3n) is 3.45. The van der Waals surface area contributed by atoms with E-state index < -0.39 is 6.03 Å². The average molecular weight is 310 g/mol. The third-order valence-corrected chi connectivity index (χ3v) is 3.45. The molecule has 2 rings (SSSR count). The largest absolute Gasteiger partial charge is 0.351 e. The first-order chi connectivity index (χ1) is 10.4. The first kappa shape index (κ1) is 16.4. The average Bonchev–Trinajstić information content (AvgIpc) is 2.89. The first-order valence-corrected chi connectivity index (χ1v) is 7.30. The molecule has 0 radical (unpaired) electrons. The molecule has 2 heterocycles. The maximum atomic E-state index is 11.5. The number of carbonyl (C=O) groups is 2. The SMILES string of the molecule is CC(C)c1noc(CN2CCN(CC(=O)NC(N)=O)CC2)n1. The number of rotatable bonds is 5. The molecule has 9 nitrogen and oxygen atoms in total. The van der Waals surface area contributed by atoms with Gasteiger partial charge in [-0.05, 0) is 0 Å². The van der Waals surface area contributed by atoms with Crippen molar-refractivity contribution >= 4 is 11.9 Å². The van der Waals surface area contributed by atoms with Crippen LogP contribution in [0.25, 0.3) is 0 Å². The van der Waals surface area contributed by atoms with E-state index in [-0.39, 0.29) is 18.4 Å². The molecule has 1 saturated heterocycles. The van der Waals surface area contributed by atoms with E-state index in [1.165, 1.54) is 0 Å². The molecule has 22 heavy (non-hydrogen) atoms. The predicted molar refractivity (Wildman–Crippen MR) is 77.8 cm³/mol. The Bertz CT molecular complexity index is 522. The fourth-order valence-electron chi connectivity index (χ4n) is 2.24. The lowest BCUT2D eigenvalue weighted by Gasteiger charge is -2.33. The molecule has 0 spiro atoms. The van der Waals surface area contributed by atoms with E-state index in [1.54, 1.807) is 0 Å². The van der Waals surface area contributed by atoms with E-state index >= 15 is 0 Å². The molecule has 0 unspecified atom stereocenters. The molecule has 0 aliphatic carbocycles. The van der Waals surface area contributed by atoms with Gasteiger partial charge in [-0.25, -0.2) is 4.79 Å². The normalized spacial score (nSPS) is 16.9. The van der Waals surface area contributed by atoms with Crippen molar-refractivity contribution in [3.8, 4) is 0 Å². The van der Waals surface area contributed by atoms with Crippen molar-refractivity contribution in [2.75, 3.05) is 32.7 Å². The van der Waals surface area contributed by atoms with Gasteiger partial charge in [0.05, 0.1) is 13.1 Å². The van der Waals surface area contributed by atoms with Gasteiger partial charge in [0.25, 0.3) is 0 Å². The van der Waals surface area contributed by atoms with Crippen molar-refractivity contribution in [3.05, 3.63) is 11.7 Å². The second kappa shape index (κ2) is 7.32. The minimum atomic E-state index is -0.819. The number of piperazine rings is 1. The molecule has 0 bridgehead atoms. The van der Waals surface area contributed by atoms with Gasteiger partial charge in [0.2, 0.25) is 11.8 Å². The number of carbonyl (C=O) groups excluding carboxylic acids is 2. The van der Waals surface area contributed by atoms with Gasteiger partial charge in [-0.1, -0.05) is 19.0 Å². The predicted octanol–water partition coefficient (Wildman–Crippen LogP) is -0.494. The van der Waals surface area contributed by atoms with E-state index in [1.807, 2.05) is 18.7 Å². The highest BCUT2D eigenvalue weighted by Crippen LogP contribution is 2.12. The van der Waals surface area contributed by atoms with E-state index in [9.17, 15) is 9.59 Å². The molecule has 0 aromatic carbocycles. The molecule has 9 heteroatoms. The third kappa shape index (κ3) is 4.78. The van der Waals surface area contributed by atoms with Gasteiger partial charge in [0.15, 0.2) is 5.82 Å². The monoisotopic (exact) mass is 310 g/mol. The highest BCUT2D eigenvalue weighted by atomic mass is 16.5. The van der Waals surface area contributed by atoms with Gasteiger partial charge in [-0.2, -0.15) is 4.98 Å².